The number of hydrogen-bond acceptors (Lipinski definition) is 3. The molecule has 8 heavy (non-hydrogen) atoms. The van der Waals surface area contributed by atoms with Gasteiger partial charge in [0, 0.05) is 0 Å². The van der Waals surface area contributed by atoms with Crippen LogP contribution in [-0.2, 0) is 13.9 Å². The first kappa shape index (κ1) is 7.78. The van der Waals surface area contributed by atoms with Gasteiger partial charge in [-0.05, 0) is 0 Å². The van der Waals surface area contributed by atoms with Gasteiger partial charge in [0.25, 0.3) is 0 Å². The Kier molecular flexibility index (Phi) is 2.86. The molecular weight excluding hydrogens is 135 g/mol. The molecule has 0 aromatic carbocycles. The summed E-state index contributed by atoms with van der Waals surface area (Å²) >= 11 is 0. The normalized spacial score (nSPS) is 11.2. The van der Waals surface area contributed by atoms with Crippen LogP contribution in [0.1, 0.15) is 0 Å². The smallest absolute Gasteiger partial charge is 0.303 e. The van der Waals surface area contributed by atoms with E-state index in [0.29, 0.717) is 0 Å². The van der Waals surface area contributed by atoms with Crippen molar-refractivity contribution in [1.82, 2.24) is 0 Å². The molecule has 0 saturated carbocycles. The maximum Gasteiger partial charge on any atom is 0.469 e. The minimum absolute atomic E-state index is 0.263. The molecule has 0 rings (SSSR count). The Balaban J connectivity index is 3.40. The van der Waals surface area contributed by atoms with Crippen LogP contribution in [0.15, 0.2) is 0 Å². The van der Waals surface area contributed by atoms with Gasteiger partial charge in [0.2, 0.25) is 0 Å². The molecule has 5 nitrogen and oxygen atoms in total. The molecule has 0 unspecified atom stereocenters. The molecule has 6 heteroatoms. The molecule has 0 atom stereocenters. The van der Waals surface area contributed by atoms with E-state index in [1.54, 1.807) is 0 Å². The Morgan fingerprint density at radius 3 is 2.25 bits per heavy atom. The largest absolute Gasteiger partial charge is 0.469 e. The molecule has 48 valence electrons. The van der Waals surface area contributed by atoms with Crippen LogP contribution in [0.2, 0.25) is 0 Å². The maximum atomic E-state index is 9.70. The van der Waals surface area contributed by atoms with E-state index >= 15 is 0 Å². The first-order valence-corrected chi connectivity index (χ1v) is 3.23. The van der Waals surface area contributed by atoms with E-state index in [-0.39, 0.29) is 6.29 Å². The summed E-state index contributed by atoms with van der Waals surface area (Å²) in [6.45, 7) is -0.565. The van der Waals surface area contributed by atoms with E-state index in [1.807, 2.05) is 0 Å². The van der Waals surface area contributed by atoms with Crippen molar-refractivity contribution in [2.45, 2.75) is 0 Å². The van der Waals surface area contributed by atoms with Crippen molar-refractivity contribution in [2.75, 3.05) is 6.61 Å². The second kappa shape index (κ2) is 2.94. The fraction of sp³-hybridized carbons (Fsp3) is 0.500. The van der Waals surface area contributed by atoms with Crippen molar-refractivity contribution in [2.24, 2.45) is 0 Å². The lowest BCUT2D eigenvalue weighted by atomic mass is 10.9. The summed E-state index contributed by atoms with van der Waals surface area (Å²) in [5, 5.41) is 0. The zero-order chi connectivity index (χ0) is 6.62. The number of phosphoric ester groups is 1. The molecule has 2 N–H and O–H groups in total. The molecule has 0 radical (unpaired) electrons. The molecule has 0 aliphatic carbocycles. The summed E-state index contributed by atoms with van der Waals surface area (Å²) in [7, 11) is -4.41. The zero-order valence-electron chi connectivity index (χ0n) is 3.85. The number of carbonyl (C=O) groups is 1. The Hall–Kier alpha value is -0.220. The predicted molar refractivity (Wildman–Crippen MR) is 24.1 cm³/mol. The van der Waals surface area contributed by atoms with E-state index in [2.05, 4.69) is 4.52 Å². The standard InChI is InChI=1S/C2H5O5P/c3-1-2-7-8(4,5)6/h1H,2H2,(H2,4,5,6). The third-order valence-electron chi connectivity index (χ3n) is 0.311. The number of hydrogen-bond donors (Lipinski definition) is 2. The molecule has 0 aliphatic rings. The lowest BCUT2D eigenvalue weighted by Gasteiger charge is -1.97. The van der Waals surface area contributed by atoms with Crippen LogP contribution in [0, 0.1) is 0 Å². The average molecular weight is 140 g/mol. The minimum atomic E-state index is -4.41. The van der Waals surface area contributed by atoms with E-state index < -0.39 is 14.4 Å². The van der Waals surface area contributed by atoms with E-state index in [4.69, 9.17) is 9.79 Å². The summed E-state index contributed by atoms with van der Waals surface area (Å²) in [5.41, 5.74) is 0. The monoisotopic (exact) mass is 140 g/mol. The van der Waals surface area contributed by atoms with Gasteiger partial charge in [-0.2, -0.15) is 0 Å². The van der Waals surface area contributed by atoms with Gasteiger partial charge in [-0.1, -0.05) is 0 Å². The summed E-state index contributed by atoms with van der Waals surface area (Å²) in [6.07, 6.45) is 0.263. The highest BCUT2D eigenvalue weighted by atomic mass is 31.2. The summed E-state index contributed by atoms with van der Waals surface area (Å²) in [6, 6.07) is 0. The molecule has 0 heterocycles. The molecule has 0 bridgehead atoms. The van der Waals surface area contributed by atoms with Crippen LogP contribution >= 0.6 is 7.82 Å². The molecule has 0 saturated heterocycles. The molecular formula is C2H5O5P. The molecule has 0 aromatic heterocycles. The van der Waals surface area contributed by atoms with Crippen LogP contribution in [0.5, 0.6) is 0 Å². The van der Waals surface area contributed by atoms with Crippen molar-refractivity contribution in [3.05, 3.63) is 0 Å². The topological polar surface area (TPSA) is 83.8 Å². The van der Waals surface area contributed by atoms with Crippen LogP contribution in [0.25, 0.3) is 0 Å². The third kappa shape index (κ3) is 5.78. The predicted octanol–water partition coefficient (Wildman–Crippen LogP) is -0.705. The van der Waals surface area contributed by atoms with Gasteiger partial charge in [-0.25, -0.2) is 4.57 Å². The summed E-state index contributed by atoms with van der Waals surface area (Å²) in [5.74, 6) is 0. The van der Waals surface area contributed by atoms with Gasteiger partial charge in [-0.15, -0.1) is 0 Å². The van der Waals surface area contributed by atoms with Crippen molar-refractivity contribution in [3.63, 3.8) is 0 Å². The number of rotatable bonds is 3. The van der Waals surface area contributed by atoms with Crippen molar-refractivity contribution >= 4 is 14.1 Å². The Morgan fingerprint density at radius 1 is 1.62 bits per heavy atom. The van der Waals surface area contributed by atoms with Gasteiger partial charge >= 0.3 is 7.82 Å². The van der Waals surface area contributed by atoms with Crippen LogP contribution in [-0.4, -0.2) is 22.7 Å². The number of aldehydes is 1. The maximum absolute atomic E-state index is 9.70. The van der Waals surface area contributed by atoms with E-state index in [9.17, 15) is 9.36 Å². The van der Waals surface area contributed by atoms with Gasteiger partial charge in [-0.3, -0.25) is 4.52 Å². The SMILES string of the molecule is O=CCOP(=O)(O)O. The Bertz CT molecular complexity index is 114. The summed E-state index contributed by atoms with van der Waals surface area (Å²) < 4.78 is 13.4. The van der Waals surface area contributed by atoms with Crippen molar-refractivity contribution in [3.8, 4) is 0 Å². The zero-order valence-corrected chi connectivity index (χ0v) is 4.75. The van der Waals surface area contributed by atoms with Crippen molar-refractivity contribution < 1.29 is 23.7 Å². The van der Waals surface area contributed by atoms with Crippen LogP contribution < -0.4 is 0 Å². The molecule has 0 fully saturated rings. The highest BCUT2D eigenvalue weighted by Gasteiger charge is 2.11. The lowest BCUT2D eigenvalue weighted by Crippen LogP contribution is -1.91. The fourth-order valence-electron chi connectivity index (χ4n) is 0.128. The minimum Gasteiger partial charge on any atom is -0.303 e. The Morgan fingerprint density at radius 2 is 2.12 bits per heavy atom. The Labute approximate surface area is 45.5 Å². The molecule has 0 spiro atoms. The van der Waals surface area contributed by atoms with Gasteiger partial charge in [0.05, 0.1) is 0 Å². The van der Waals surface area contributed by atoms with Gasteiger partial charge in [0.1, 0.15) is 12.9 Å². The molecule has 0 amide bonds. The second-order valence-corrected chi connectivity index (χ2v) is 2.19. The first-order chi connectivity index (χ1) is 3.56. The lowest BCUT2D eigenvalue weighted by molar-refractivity contribution is -0.110. The fourth-order valence-corrected chi connectivity index (χ4v) is 0.383. The first-order valence-electron chi connectivity index (χ1n) is 1.70. The quantitative estimate of drug-likeness (QED) is 0.399. The second-order valence-electron chi connectivity index (χ2n) is 0.953. The van der Waals surface area contributed by atoms with Crippen LogP contribution in [0.3, 0.4) is 0 Å². The van der Waals surface area contributed by atoms with Crippen molar-refractivity contribution in [1.29, 1.82) is 0 Å². The molecule has 0 aliphatic heterocycles. The third-order valence-corrected chi connectivity index (χ3v) is 0.796. The average Bonchev–Trinajstić information content (AvgIpc) is 1.59. The number of phosphoric acid groups is 1. The van der Waals surface area contributed by atoms with E-state index in [1.165, 1.54) is 0 Å². The summed E-state index contributed by atoms with van der Waals surface area (Å²) in [4.78, 5) is 25.1. The van der Waals surface area contributed by atoms with Gasteiger partial charge in [0.15, 0.2) is 0 Å². The highest BCUT2D eigenvalue weighted by molar-refractivity contribution is 7.46. The number of carbonyl (C=O) groups excluding carboxylic acids is 1. The van der Waals surface area contributed by atoms with Gasteiger partial charge < -0.3 is 14.6 Å². The van der Waals surface area contributed by atoms with E-state index in [0.717, 1.165) is 0 Å². The highest BCUT2D eigenvalue weighted by Crippen LogP contribution is 2.34. The molecule has 0 aromatic rings. The van der Waals surface area contributed by atoms with Crippen LogP contribution in [0.4, 0.5) is 0 Å².